The van der Waals surface area contributed by atoms with Crippen molar-refractivity contribution in [3.8, 4) is 0 Å². The van der Waals surface area contributed by atoms with Crippen LogP contribution in [0, 0.1) is 12.7 Å². The first kappa shape index (κ1) is 16.2. The molecule has 0 aliphatic rings. The number of pyridine rings is 1. The Labute approximate surface area is 139 Å². The molecule has 110 valence electrons. The zero-order valence-corrected chi connectivity index (χ0v) is 14.0. The van der Waals surface area contributed by atoms with Gasteiger partial charge in [-0.2, -0.15) is 0 Å². The van der Waals surface area contributed by atoms with Crippen molar-refractivity contribution in [2.45, 2.75) is 13.3 Å². The summed E-state index contributed by atoms with van der Waals surface area (Å²) >= 11 is 15.2. The summed E-state index contributed by atoms with van der Waals surface area (Å²) in [5.41, 5.74) is 1.17. The first-order chi connectivity index (χ1) is 9.86. The fourth-order valence-electron chi connectivity index (χ4n) is 1.73. The summed E-state index contributed by atoms with van der Waals surface area (Å²) in [6.45, 7) is 1.75. The number of hydrogen-bond acceptors (Lipinski definition) is 2. The minimum Gasteiger partial charge on any atom is -0.323 e. The first-order valence-corrected chi connectivity index (χ1v) is 7.48. The molecule has 1 amide bonds. The molecular formula is C14H10BrCl2FN2O. The third-order valence-electron chi connectivity index (χ3n) is 2.69. The van der Waals surface area contributed by atoms with E-state index in [1.807, 2.05) is 0 Å². The molecule has 1 aromatic heterocycles. The van der Waals surface area contributed by atoms with Crippen LogP contribution in [0.3, 0.4) is 0 Å². The van der Waals surface area contributed by atoms with Crippen LogP contribution in [0.25, 0.3) is 0 Å². The second kappa shape index (κ2) is 6.73. The molecule has 0 fully saturated rings. The molecule has 0 bridgehead atoms. The normalized spacial score (nSPS) is 10.5. The van der Waals surface area contributed by atoms with Gasteiger partial charge in [0.2, 0.25) is 5.91 Å². The Hall–Kier alpha value is -1.17. The van der Waals surface area contributed by atoms with Gasteiger partial charge in [0.25, 0.3) is 0 Å². The van der Waals surface area contributed by atoms with Gasteiger partial charge in [-0.1, -0.05) is 39.1 Å². The molecule has 2 rings (SSSR count). The van der Waals surface area contributed by atoms with Crippen molar-refractivity contribution in [1.29, 1.82) is 0 Å². The molecule has 0 spiro atoms. The van der Waals surface area contributed by atoms with Crippen molar-refractivity contribution in [3.63, 3.8) is 0 Å². The number of hydrogen-bond donors (Lipinski definition) is 1. The van der Waals surface area contributed by atoms with Crippen molar-refractivity contribution in [2.75, 3.05) is 5.32 Å². The van der Waals surface area contributed by atoms with Gasteiger partial charge in [-0.25, -0.2) is 9.37 Å². The van der Waals surface area contributed by atoms with Crippen LogP contribution < -0.4 is 5.32 Å². The van der Waals surface area contributed by atoms with Crippen LogP contribution in [0.5, 0.6) is 0 Å². The molecular weight excluding hydrogens is 382 g/mol. The van der Waals surface area contributed by atoms with E-state index in [2.05, 4.69) is 26.2 Å². The largest absolute Gasteiger partial charge is 0.323 e. The van der Waals surface area contributed by atoms with Crippen molar-refractivity contribution >= 4 is 50.7 Å². The van der Waals surface area contributed by atoms with Crippen LogP contribution in [-0.4, -0.2) is 10.9 Å². The van der Waals surface area contributed by atoms with E-state index in [9.17, 15) is 9.18 Å². The zero-order valence-electron chi connectivity index (χ0n) is 10.9. The van der Waals surface area contributed by atoms with Crippen molar-refractivity contribution in [3.05, 3.63) is 56.0 Å². The fraction of sp³-hybridized carbons (Fsp3) is 0.143. The van der Waals surface area contributed by atoms with Gasteiger partial charge in [-0.3, -0.25) is 4.79 Å². The number of carbonyl (C=O) groups is 1. The van der Waals surface area contributed by atoms with Crippen molar-refractivity contribution in [1.82, 2.24) is 4.98 Å². The second-order valence-electron chi connectivity index (χ2n) is 4.36. The molecule has 0 saturated carbocycles. The number of carbonyl (C=O) groups excluding carboxylic acids is 1. The number of amides is 1. The molecule has 7 heteroatoms. The van der Waals surface area contributed by atoms with Crippen LogP contribution in [0.4, 0.5) is 10.1 Å². The summed E-state index contributed by atoms with van der Waals surface area (Å²) in [6.07, 6.45) is -0.0829. The van der Waals surface area contributed by atoms with E-state index in [-0.39, 0.29) is 17.3 Å². The van der Waals surface area contributed by atoms with E-state index < -0.39 is 11.7 Å². The molecule has 1 N–H and O–H groups in total. The molecule has 0 radical (unpaired) electrons. The highest BCUT2D eigenvalue weighted by molar-refractivity contribution is 9.10. The third kappa shape index (κ3) is 4.15. The smallest absolute Gasteiger partial charge is 0.229 e. The number of anilines is 1. The third-order valence-corrected chi connectivity index (χ3v) is 3.83. The van der Waals surface area contributed by atoms with E-state index in [0.29, 0.717) is 20.8 Å². The molecule has 0 aliphatic carbocycles. The summed E-state index contributed by atoms with van der Waals surface area (Å²) in [5.74, 6) is -0.956. The van der Waals surface area contributed by atoms with Gasteiger partial charge in [0.15, 0.2) is 0 Å². The van der Waals surface area contributed by atoms with E-state index in [1.54, 1.807) is 19.1 Å². The van der Waals surface area contributed by atoms with Crippen molar-refractivity contribution < 1.29 is 9.18 Å². The Morgan fingerprint density at radius 1 is 1.38 bits per heavy atom. The van der Waals surface area contributed by atoms with Gasteiger partial charge in [0.05, 0.1) is 12.1 Å². The predicted molar refractivity (Wildman–Crippen MR) is 85.4 cm³/mol. The van der Waals surface area contributed by atoms with Gasteiger partial charge in [0.1, 0.15) is 11.0 Å². The van der Waals surface area contributed by atoms with Crippen molar-refractivity contribution in [2.24, 2.45) is 0 Å². The van der Waals surface area contributed by atoms with Crippen LogP contribution in [-0.2, 0) is 11.2 Å². The average Bonchev–Trinajstić information content (AvgIpc) is 2.37. The van der Waals surface area contributed by atoms with E-state index in [4.69, 9.17) is 23.2 Å². The maximum absolute atomic E-state index is 13.7. The zero-order chi connectivity index (χ0) is 15.6. The Bertz CT molecular complexity index is 686. The lowest BCUT2D eigenvalue weighted by Crippen LogP contribution is -2.16. The molecule has 0 atom stereocenters. The molecule has 1 aromatic carbocycles. The summed E-state index contributed by atoms with van der Waals surface area (Å²) < 4.78 is 14.2. The number of benzene rings is 1. The van der Waals surface area contributed by atoms with Gasteiger partial charge in [-0.15, -0.1) is 0 Å². The minimum absolute atomic E-state index is 0.0829. The lowest BCUT2D eigenvalue weighted by atomic mass is 10.2. The fourth-order valence-corrected chi connectivity index (χ4v) is 2.72. The monoisotopic (exact) mass is 390 g/mol. The van der Waals surface area contributed by atoms with Gasteiger partial charge < -0.3 is 5.32 Å². The second-order valence-corrected chi connectivity index (χ2v) is 6.04. The van der Waals surface area contributed by atoms with E-state index in [1.165, 1.54) is 12.1 Å². The summed E-state index contributed by atoms with van der Waals surface area (Å²) in [7, 11) is 0. The SMILES string of the molecule is Cc1cc(Cl)c(CC(=O)Nc2ccc(Br)cc2F)c(Cl)n1. The molecule has 0 saturated heterocycles. The van der Waals surface area contributed by atoms with Gasteiger partial charge in [-0.05, 0) is 31.2 Å². The molecule has 0 aliphatic heterocycles. The van der Waals surface area contributed by atoms with E-state index in [0.717, 1.165) is 0 Å². The molecule has 1 heterocycles. The van der Waals surface area contributed by atoms with Crippen LogP contribution in [0.1, 0.15) is 11.3 Å². The number of aryl methyl sites for hydroxylation is 1. The number of rotatable bonds is 3. The molecule has 2 aromatic rings. The number of aromatic nitrogens is 1. The Morgan fingerprint density at radius 3 is 2.71 bits per heavy atom. The van der Waals surface area contributed by atoms with E-state index >= 15 is 0 Å². The summed E-state index contributed by atoms with van der Waals surface area (Å²) in [6, 6.07) is 5.99. The first-order valence-electron chi connectivity index (χ1n) is 5.93. The Morgan fingerprint density at radius 2 is 2.10 bits per heavy atom. The summed E-state index contributed by atoms with van der Waals surface area (Å²) in [4.78, 5) is 16.0. The summed E-state index contributed by atoms with van der Waals surface area (Å²) in [5, 5.41) is 3.01. The lowest BCUT2D eigenvalue weighted by molar-refractivity contribution is -0.115. The van der Waals surface area contributed by atoms with Crippen LogP contribution >= 0.6 is 39.1 Å². The quantitative estimate of drug-likeness (QED) is 0.765. The number of halogens is 4. The highest BCUT2D eigenvalue weighted by atomic mass is 79.9. The Balaban J connectivity index is 2.16. The van der Waals surface area contributed by atoms with Gasteiger partial charge >= 0.3 is 0 Å². The minimum atomic E-state index is -0.531. The average molecular weight is 392 g/mol. The predicted octanol–water partition coefficient (Wildman–Crippen LogP) is 4.78. The standard InChI is InChI=1S/C14H10BrCl2FN2O/c1-7-4-10(16)9(14(17)19-7)6-13(21)20-12-3-2-8(15)5-11(12)18/h2-5H,6H2,1H3,(H,20,21). The lowest BCUT2D eigenvalue weighted by Gasteiger charge is -2.09. The maximum atomic E-state index is 13.7. The number of nitrogens with one attached hydrogen (secondary N) is 1. The molecule has 0 unspecified atom stereocenters. The molecule has 21 heavy (non-hydrogen) atoms. The maximum Gasteiger partial charge on any atom is 0.229 e. The highest BCUT2D eigenvalue weighted by Gasteiger charge is 2.14. The van der Waals surface area contributed by atoms with Crippen LogP contribution in [0.15, 0.2) is 28.7 Å². The Kier molecular flexibility index (Phi) is 5.19. The number of nitrogens with zero attached hydrogens (tertiary/aromatic N) is 1. The van der Waals surface area contributed by atoms with Gasteiger partial charge in [0, 0.05) is 20.8 Å². The molecule has 3 nitrogen and oxygen atoms in total. The van der Waals surface area contributed by atoms with Crippen LogP contribution in [0.2, 0.25) is 10.2 Å². The highest BCUT2D eigenvalue weighted by Crippen LogP contribution is 2.25. The topological polar surface area (TPSA) is 42.0 Å².